The molecule has 4 heteroatoms. The summed E-state index contributed by atoms with van der Waals surface area (Å²) in [5, 5.41) is 11.3. The van der Waals surface area contributed by atoms with Crippen LogP contribution in [0.15, 0.2) is 24.3 Å². The molecule has 0 aliphatic rings. The molecule has 4 nitrogen and oxygen atoms in total. The summed E-state index contributed by atoms with van der Waals surface area (Å²) < 4.78 is 1.67. The predicted molar refractivity (Wildman–Crippen MR) is 53.6 cm³/mol. The van der Waals surface area contributed by atoms with E-state index in [0.29, 0.717) is 0 Å². The molecular formula is C10H12N4. The minimum atomic E-state index is 0.799. The number of aromatic nitrogens is 4. The van der Waals surface area contributed by atoms with Crippen molar-refractivity contribution in [2.45, 2.75) is 13.3 Å². The fourth-order valence-corrected chi connectivity index (χ4v) is 1.36. The van der Waals surface area contributed by atoms with Gasteiger partial charge in [-0.3, -0.25) is 0 Å². The summed E-state index contributed by atoms with van der Waals surface area (Å²) in [6.45, 7) is 2.14. The summed E-state index contributed by atoms with van der Waals surface area (Å²) in [6, 6.07) is 8.29. The van der Waals surface area contributed by atoms with E-state index in [2.05, 4.69) is 34.6 Å². The van der Waals surface area contributed by atoms with Gasteiger partial charge in [0.2, 0.25) is 0 Å². The lowest BCUT2D eigenvalue weighted by atomic mass is 10.1. The Morgan fingerprint density at radius 2 is 1.93 bits per heavy atom. The molecule has 72 valence electrons. The molecule has 1 heterocycles. The zero-order valence-electron chi connectivity index (χ0n) is 8.31. The Bertz CT molecular complexity index is 416. The van der Waals surface area contributed by atoms with E-state index in [0.717, 1.165) is 17.8 Å². The molecule has 0 aliphatic heterocycles. The molecular weight excluding hydrogens is 176 g/mol. The molecule has 0 spiro atoms. The highest BCUT2D eigenvalue weighted by molar-refractivity contribution is 5.54. The van der Waals surface area contributed by atoms with E-state index >= 15 is 0 Å². The van der Waals surface area contributed by atoms with Crippen molar-refractivity contribution in [3.8, 4) is 11.4 Å². The normalized spacial score (nSPS) is 10.4. The largest absolute Gasteiger partial charge is 0.229 e. The molecule has 0 saturated carbocycles. The molecule has 1 aromatic heterocycles. The molecule has 0 fully saturated rings. The van der Waals surface area contributed by atoms with Gasteiger partial charge in [0.05, 0.1) is 0 Å². The van der Waals surface area contributed by atoms with Gasteiger partial charge in [-0.15, -0.1) is 5.10 Å². The van der Waals surface area contributed by atoms with Gasteiger partial charge in [0, 0.05) is 12.6 Å². The molecule has 0 amide bonds. The van der Waals surface area contributed by atoms with Crippen LogP contribution in [0.2, 0.25) is 0 Å². The number of hydrogen-bond acceptors (Lipinski definition) is 3. The molecule has 0 bridgehead atoms. The first-order valence-corrected chi connectivity index (χ1v) is 4.63. The van der Waals surface area contributed by atoms with E-state index in [1.165, 1.54) is 5.56 Å². The summed E-state index contributed by atoms with van der Waals surface area (Å²) in [5.41, 5.74) is 2.37. The van der Waals surface area contributed by atoms with Crippen LogP contribution in [0.3, 0.4) is 0 Å². The molecule has 1 aromatic carbocycles. The van der Waals surface area contributed by atoms with E-state index in [9.17, 15) is 0 Å². The first-order valence-electron chi connectivity index (χ1n) is 4.63. The van der Waals surface area contributed by atoms with Gasteiger partial charge in [0.15, 0.2) is 5.82 Å². The van der Waals surface area contributed by atoms with Gasteiger partial charge in [-0.2, -0.15) is 0 Å². The van der Waals surface area contributed by atoms with Crippen molar-refractivity contribution in [2.75, 3.05) is 0 Å². The van der Waals surface area contributed by atoms with Crippen LogP contribution < -0.4 is 0 Å². The van der Waals surface area contributed by atoms with Crippen LogP contribution in [0.1, 0.15) is 12.5 Å². The Labute approximate surface area is 82.6 Å². The molecule has 0 saturated heterocycles. The van der Waals surface area contributed by atoms with E-state index in [4.69, 9.17) is 0 Å². The van der Waals surface area contributed by atoms with Crippen LogP contribution in [-0.2, 0) is 13.5 Å². The topological polar surface area (TPSA) is 43.6 Å². The monoisotopic (exact) mass is 188 g/mol. The minimum Gasteiger partial charge on any atom is -0.229 e. The lowest BCUT2D eigenvalue weighted by molar-refractivity contribution is 0.714. The number of aryl methyl sites for hydroxylation is 2. The van der Waals surface area contributed by atoms with E-state index in [-0.39, 0.29) is 0 Å². The SMILES string of the molecule is CCc1ccc(-c2nnnn2C)cc1. The quantitative estimate of drug-likeness (QED) is 0.716. The van der Waals surface area contributed by atoms with Gasteiger partial charge >= 0.3 is 0 Å². The molecule has 0 N–H and O–H groups in total. The summed E-state index contributed by atoms with van der Waals surface area (Å²) in [5.74, 6) is 0.799. The second-order valence-electron chi connectivity index (χ2n) is 3.18. The van der Waals surface area contributed by atoms with Crippen LogP contribution in [0.5, 0.6) is 0 Å². The average Bonchev–Trinajstić information content (AvgIpc) is 2.65. The van der Waals surface area contributed by atoms with Crippen LogP contribution >= 0.6 is 0 Å². The van der Waals surface area contributed by atoms with Gasteiger partial charge in [-0.25, -0.2) is 4.68 Å². The predicted octanol–water partition coefficient (Wildman–Crippen LogP) is 1.44. The zero-order chi connectivity index (χ0) is 9.97. The third-order valence-corrected chi connectivity index (χ3v) is 2.24. The Hall–Kier alpha value is -1.71. The second-order valence-corrected chi connectivity index (χ2v) is 3.18. The maximum Gasteiger partial charge on any atom is 0.181 e. The van der Waals surface area contributed by atoms with Crippen molar-refractivity contribution < 1.29 is 0 Å². The number of rotatable bonds is 2. The summed E-state index contributed by atoms with van der Waals surface area (Å²) in [7, 11) is 1.84. The van der Waals surface area contributed by atoms with Crippen molar-refractivity contribution in [1.82, 2.24) is 20.2 Å². The number of tetrazole rings is 1. The van der Waals surface area contributed by atoms with Crippen LogP contribution in [0.25, 0.3) is 11.4 Å². The maximum atomic E-state index is 3.94. The van der Waals surface area contributed by atoms with Crippen LogP contribution in [0.4, 0.5) is 0 Å². The fraction of sp³-hybridized carbons (Fsp3) is 0.300. The Kier molecular flexibility index (Phi) is 2.26. The highest BCUT2D eigenvalue weighted by Crippen LogP contribution is 2.15. The first kappa shape index (κ1) is 8.87. The van der Waals surface area contributed by atoms with E-state index in [1.54, 1.807) is 4.68 Å². The van der Waals surface area contributed by atoms with Gasteiger partial charge in [-0.05, 0) is 22.4 Å². The van der Waals surface area contributed by atoms with Crippen molar-refractivity contribution in [2.24, 2.45) is 7.05 Å². The summed E-state index contributed by atoms with van der Waals surface area (Å²) in [6.07, 6.45) is 1.05. The molecule has 0 unspecified atom stereocenters. The smallest absolute Gasteiger partial charge is 0.181 e. The Morgan fingerprint density at radius 1 is 1.21 bits per heavy atom. The number of nitrogens with zero attached hydrogens (tertiary/aromatic N) is 4. The van der Waals surface area contributed by atoms with Crippen molar-refractivity contribution >= 4 is 0 Å². The summed E-state index contributed by atoms with van der Waals surface area (Å²) in [4.78, 5) is 0. The van der Waals surface area contributed by atoms with Crippen molar-refractivity contribution in [3.05, 3.63) is 29.8 Å². The van der Waals surface area contributed by atoms with Gasteiger partial charge < -0.3 is 0 Å². The molecule has 0 atom stereocenters. The molecule has 14 heavy (non-hydrogen) atoms. The standard InChI is InChI=1S/C10H12N4/c1-3-8-4-6-9(7-5-8)10-11-12-13-14(10)2/h4-7H,3H2,1-2H3. The summed E-state index contributed by atoms with van der Waals surface area (Å²) >= 11 is 0. The minimum absolute atomic E-state index is 0.799. The van der Waals surface area contributed by atoms with Crippen LogP contribution in [-0.4, -0.2) is 20.2 Å². The van der Waals surface area contributed by atoms with Gasteiger partial charge in [0.1, 0.15) is 0 Å². The van der Waals surface area contributed by atoms with Crippen molar-refractivity contribution in [1.29, 1.82) is 0 Å². The molecule has 2 aromatic rings. The van der Waals surface area contributed by atoms with Crippen molar-refractivity contribution in [3.63, 3.8) is 0 Å². The lowest BCUT2D eigenvalue weighted by Crippen LogP contribution is -1.94. The maximum absolute atomic E-state index is 3.94. The van der Waals surface area contributed by atoms with E-state index in [1.807, 2.05) is 19.2 Å². The average molecular weight is 188 g/mol. The number of hydrogen-bond donors (Lipinski definition) is 0. The highest BCUT2D eigenvalue weighted by atomic mass is 15.5. The van der Waals surface area contributed by atoms with Gasteiger partial charge in [-0.1, -0.05) is 31.2 Å². The fourth-order valence-electron chi connectivity index (χ4n) is 1.36. The lowest BCUT2D eigenvalue weighted by Gasteiger charge is -2.00. The van der Waals surface area contributed by atoms with Crippen LogP contribution in [0, 0.1) is 0 Å². The molecule has 0 radical (unpaired) electrons. The highest BCUT2D eigenvalue weighted by Gasteiger charge is 2.04. The number of benzene rings is 1. The molecule has 2 rings (SSSR count). The first-order chi connectivity index (χ1) is 6.81. The Balaban J connectivity index is 2.39. The Morgan fingerprint density at radius 3 is 2.43 bits per heavy atom. The molecule has 0 aliphatic carbocycles. The third-order valence-electron chi connectivity index (χ3n) is 2.24. The van der Waals surface area contributed by atoms with E-state index < -0.39 is 0 Å². The third kappa shape index (κ3) is 1.51. The van der Waals surface area contributed by atoms with Gasteiger partial charge in [0.25, 0.3) is 0 Å². The second kappa shape index (κ2) is 3.57. The zero-order valence-corrected chi connectivity index (χ0v) is 8.31.